The second-order valence-electron chi connectivity index (χ2n) is 6.86. The predicted molar refractivity (Wildman–Crippen MR) is 109 cm³/mol. The molecule has 0 unspecified atom stereocenters. The van der Waals surface area contributed by atoms with Crippen molar-refractivity contribution < 1.29 is 14.3 Å². The number of methoxy groups -OCH3 is 2. The van der Waals surface area contributed by atoms with Crippen molar-refractivity contribution in [2.24, 2.45) is 0 Å². The summed E-state index contributed by atoms with van der Waals surface area (Å²) in [6.45, 7) is 0.551. The predicted octanol–water partition coefficient (Wildman–Crippen LogP) is 3.76. The minimum absolute atomic E-state index is 0.0460. The Morgan fingerprint density at radius 3 is 2.61 bits per heavy atom. The molecule has 1 amide bonds. The number of hydrogen-bond acceptors (Lipinski definition) is 5. The third-order valence-electron chi connectivity index (χ3n) is 4.79. The van der Waals surface area contributed by atoms with E-state index in [1.807, 2.05) is 48.5 Å². The first kappa shape index (κ1) is 18.1. The summed E-state index contributed by atoms with van der Waals surface area (Å²) < 4.78 is 10.6. The van der Waals surface area contributed by atoms with Crippen molar-refractivity contribution in [2.75, 3.05) is 19.5 Å². The van der Waals surface area contributed by atoms with E-state index >= 15 is 0 Å². The van der Waals surface area contributed by atoms with Gasteiger partial charge in [-0.15, -0.1) is 0 Å². The summed E-state index contributed by atoms with van der Waals surface area (Å²) in [6.07, 6.45) is 2.11. The van der Waals surface area contributed by atoms with Gasteiger partial charge in [0.05, 0.1) is 25.3 Å². The van der Waals surface area contributed by atoms with Gasteiger partial charge in [0.25, 0.3) is 5.91 Å². The zero-order chi connectivity index (χ0) is 19.5. The SMILES string of the molecule is COc1ccc(CNc2cc(C(=O)NC3CC3)c3ccccc3n2)cc1OC. The standard InChI is InChI=1S/C22H23N3O3/c1-27-19-10-7-14(11-20(19)28-2)13-23-21-12-17(22(26)24-15-8-9-15)16-5-3-4-6-18(16)25-21/h3-7,10-12,15H,8-9,13H2,1-2H3,(H,23,25)(H,24,26). The number of rotatable bonds is 7. The molecule has 28 heavy (non-hydrogen) atoms. The number of para-hydroxylation sites is 1. The van der Waals surface area contributed by atoms with E-state index in [1.54, 1.807) is 14.2 Å². The van der Waals surface area contributed by atoms with Crippen LogP contribution in [0.3, 0.4) is 0 Å². The van der Waals surface area contributed by atoms with Gasteiger partial charge in [-0.05, 0) is 42.7 Å². The van der Waals surface area contributed by atoms with Crippen LogP contribution in [-0.4, -0.2) is 31.2 Å². The average Bonchev–Trinajstić information content (AvgIpc) is 3.55. The number of fused-ring (bicyclic) bond motifs is 1. The molecule has 1 aliphatic carbocycles. The van der Waals surface area contributed by atoms with Gasteiger partial charge in [0.1, 0.15) is 5.82 Å². The molecule has 1 aliphatic rings. The fraction of sp³-hybridized carbons (Fsp3) is 0.273. The molecule has 4 rings (SSSR count). The number of hydrogen-bond donors (Lipinski definition) is 2. The minimum Gasteiger partial charge on any atom is -0.493 e. The summed E-state index contributed by atoms with van der Waals surface area (Å²) in [5.41, 5.74) is 2.46. The number of nitrogens with zero attached hydrogens (tertiary/aromatic N) is 1. The van der Waals surface area contributed by atoms with E-state index in [-0.39, 0.29) is 5.91 Å². The Morgan fingerprint density at radius 1 is 1.07 bits per heavy atom. The number of anilines is 1. The highest BCUT2D eigenvalue weighted by Crippen LogP contribution is 2.28. The first-order valence-corrected chi connectivity index (χ1v) is 9.33. The monoisotopic (exact) mass is 377 g/mol. The van der Waals surface area contributed by atoms with Gasteiger partial charge in [-0.25, -0.2) is 4.98 Å². The maximum Gasteiger partial charge on any atom is 0.252 e. The molecule has 0 atom stereocenters. The van der Waals surface area contributed by atoms with Gasteiger partial charge >= 0.3 is 0 Å². The molecule has 1 heterocycles. The highest BCUT2D eigenvalue weighted by molar-refractivity contribution is 6.07. The van der Waals surface area contributed by atoms with E-state index in [2.05, 4.69) is 15.6 Å². The molecule has 0 spiro atoms. The molecular formula is C22H23N3O3. The van der Waals surface area contributed by atoms with Crippen LogP contribution in [0.2, 0.25) is 0 Å². The van der Waals surface area contributed by atoms with Crippen molar-refractivity contribution in [1.29, 1.82) is 0 Å². The van der Waals surface area contributed by atoms with E-state index in [9.17, 15) is 4.79 Å². The molecular weight excluding hydrogens is 354 g/mol. The zero-order valence-electron chi connectivity index (χ0n) is 16.0. The van der Waals surface area contributed by atoms with Gasteiger partial charge in [-0.2, -0.15) is 0 Å². The Labute approximate surface area is 163 Å². The number of pyridine rings is 1. The Balaban J connectivity index is 1.59. The number of aromatic nitrogens is 1. The van der Waals surface area contributed by atoms with E-state index in [1.165, 1.54) is 0 Å². The van der Waals surface area contributed by atoms with E-state index in [4.69, 9.17) is 9.47 Å². The van der Waals surface area contributed by atoms with Crippen LogP contribution in [0.15, 0.2) is 48.5 Å². The van der Waals surface area contributed by atoms with Gasteiger partial charge < -0.3 is 20.1 Å². The molecule has 1 fully saturated rings. The fourth-order valence-corrected chi connectivity index (χ4v) is 3.13. The van der Waals surface area contributed by atoms with Gasteiger partial charge in [0, 0.05) is 18.0 Å². The lowest BCUT2D eigenvalue weighted by Gasteiger charge is -2.13. The van der Waals surface area contributed by atoms with E-state index < -0.39 is 0 Å². The molecule has 0 aliphatic heterocycles. The van der Waals surface area contributed by atoms with Crippen LogP contribution >= 0.6 is 0 Å². The average molecular weight is 377 g/mol. The highest BCUT2D eigenvalue weighted by atomic mass is 16.5. The lowest BCUT2D eigenvalue weighted by molar-refractivity contribution is 0.0952. The van der Waals surface area contributed by atoms with Crippen molar-refractivity contribution >= 4 is 22.6 Å². The first-order valence-electron chi connectivity index (χ1n) is 9.33. The van der Waals surface area contributed by atoms with Crippen LogP contribution in [0.4, 0.5) is 5.82 Å². The second-order valence-corrected chi connectivity index (χ2v) is 6.86. The maximum absolute atomic E-state index is 12.7. The molecule has 6 heteroatoms. The molecule has 1 saturated carbocycles. The van der Waals surface area contributed by atoms with E-state index in [0.29, 0.717) is 35.5 Å². The molecule has 2 aromatic carbocycles. The lowest BCUT2D eigenvalue weighted by Crippen LogP contribution is -2.25. The number of amides is 1. The first-order chi connectivity index (χ1) is 13.7. The van der Waals surface area contributed by atoms with Gasteiger partial charge in [-0.1, -0.05) is 24.3 Å². The quantitative estimate of drug-likeness (QED) is 0.656. The Hall–Kier alpha value is -3.28. The van der Waals surface area contributed by atoms with Crippen LogP contribution in [-0.2, 0) is 6.54 Å². The van der Waals surface area contributed by atoms with Crippen molar-refractivity contribution in [3.8, 4) is 11.5 Å². The van der Waals surface area contributed by atoms with Crippen LogP contribution in [0.5, 0.6) is 11.5 Å². The van der Waals surface area contributed by atoms with Crippen molar-refractivity contribution in [1.82, 2.24) is 10.3 Å². The molecule has 6 nitrogen and oxygen atoms in total. The number of benzene rings is 2. The van der Waals surface area contributed by atoms with Crippen LogP contribution in [0.25, 0.3) is 10.9 Å². The number of ether oxygens (including phenoxy) is 2. The fourth-order valence-electron chi connectivity index (χ4n) is 3.13. The Bertz CT molecular complexity index is 1020. The molecule has 0 bridgehead atoms. The molecule has 0 saturated heterocycles. The number of carbonyl (C=O) groups excluding carboxylic acids is 1. The van der Waals surface area contributed by atoms with Crippen molar-refractivity contribution in [2.45, 2.75) is 25.4 Å². The number of carbonyl (C=O) groups is 1. The van der Waals surface area contributed by atoms with Gasteiger partial charge in [0.15, 0.2) is 11.5 Å². The summed E-state index contributed by atoms with van der Waals surface area (Å²) in [4.78, 5) is 17.3. The smallest absolute Gasteiger partial charge is 0.252 e. The summed E-state index contributed by atoms with van der Waals surface area (Å²) in [5.74, 6) is 1.98. The Morgan fingerprint density at radius 2 is 1.86 bits per heavy atom. The van der Waals surface area contributed by atoms with Crippen molar-refractivity contribution in [3.63, 3.8) is 0 Å². The van der Waals surface area contributed by atoms with E-state index in [0.717, 1.165) is 29.3 Å². The third kappa shape index (κ3) is 3.86. The molecule has 3 aromatic rings. The lowest BCUT2D eigenvalue weighted by atomic mass is 10.1. The van der Waals surface area contributed by atoms with Crippen LogP contribution < -0.4 is 20.1 Å². The molecule has 2 N–H and O–H groups in total. The van der Waals surface area contributed by atoms with Crippen LogP contribution in [0.1, 0.15) is 28.8 Å². The largest absolute Gasteiger partial charge is 0.493 e. The third-order valence-corrected chi connectivity index (χ3v) is 4.79. The summed E-state index contributed by atoms with van der Waals surface area (Å²) in [7, 11) is 3.23. The molecule has 144 valence electrons. The van der Waals surface area contributed by atoms with Gasteiger partial charge in [-0.3, -0.25) is 4.79 Å². The van der Waals surface area contributed by atoms with Gasteiger partial charge in [0.2, 0.25) is 0 Å². The number of nitrogens with one attached hydrogen (secondary N) is 2. The molecule has 0 radical (unpaired) electrons. The maximum atomic E-state index is 12.7. The van der Waals surface area contributed by atoms with Crippen molar-refractivity contribution in [3.05, 3.63) is 59.7 Å². The Kier molecular flexibility index (Phi) is 5.02. The topological polar surface area (TPSA) is 72.5 Å². The summed E-state index contributed by atoms with van der Waals surface area (Å²) >= 11 is 0. The molecule has 1 aromatic heterocycles. The minimum atomic E-state index is -0.0460. The second kappa shape index (κ2) is 7.76. The zero-order valence-corrected chi connectivity index (χ0v) is 16.0. The van der Waals surface area contributed by atoms with Crippen LogP contribution in [0, 0.1) is 0 Å². The summed E-state index contributed by atoms with van der Waals surface area (Å²) in [6, 6.07) is 15.6. The highest BCUT2D eigenvalue weighted by Gasteiger charge is 2.25. The normalized spacial score (nSPS) is 13.2. The summed E-state index contributed by atoms with van der Waals surface area (Å²) in [5, 5.41) is 7.24.